The van der Waals surface area contributed by atoms with E-state index in [9.17, 15) is 0 Å². The Labute approximate surface area is 170 Å². The average molecular weight is 391 g/mol. The van der Waals surface area contributed by atoms with Gasteiger partial charge in [-0.1, -0.05) is 18.2 Å². The average Bonchev–Trinajstić information content (AvgIpc) is 2.74. The fraction of sp³-hybridized carbons (Fsp3) is 0.273. The number of anilines is 5. The molecule has 1 aliphatic heterocycles. The number of hydrogen-bond donors (Lipinski definition) is 2. The zero-order valence-electron chi connectivity index (χ0n) is 16.7. The molecule has 1 aromatic heterocycles. The van der Waals surface area contributed by atoms with Crippen molar-refractivity contribution < 1.29 is 9.47 Å². The lowest BCUT2D eigenvalue weighted by Crippen LogP contribution is -2.36. The standard InChI is InChI=1S/C22H25N5O2/c1-16-23-21(25-17-6-5-7-18(14-17)28-2)15-22(24-16)26-19-8-3-4-9-20(19)27-10-12-29-13-11-27/h3-9,14-15H,10-13H2,1-2H3,(H2,23,24,25,26). The fourth-order valence-corrected chi connectivity index (χ4v) is 3.34. The zero-order chi connectivity index (χ0) is 20.1. The van der Waals surface area contributed by atoms with Crippen LogP contribution >= 0.6 is 0 Å². The van der Waals surface area contributed by atoms with Gasteiger partial charge < -0.3 is 25.0 Å². The van der Waals surface area contributed by atoms with Crippen LogP contribution in [0, 0.1) is 6.92 Å². The molecule has 1 fully saturated rings. The van der Waals surface area contributed by atoms with Crippen LogP contribution in [-0.2, 0) is 4.74 Å². The molecular formula is C22H25N5O2. The summed E-state index contributed by atoms with van der Waals surface area (Å²) in [7, 11) is 1.65. The molecule has 0 saturated carbocycles. The summed E-state index contributed by atoms with van der Waals surface area (Å²) in [5.41, 5.74) is 3.07. The summed E-state index contributed by atoms with van der Waals surface area (Å²) in [4.78, 5) is 11.4. The van der Waals surface area contributed by atoms with E-state index >= 15 is 0 Å². The minimum Gasteiger partial charge on any atom is -0.497 e. The maximum Gasteiger partial charge on any atom is 0.136 e. The third kappa shape index (κ3) is 4.75. The molecule has 29 heavy (non-hydrogen) atoms. The predicted octanol–water partition coefficient (Wildman–Crippen LogP) is 4.12. The summed E-state index contributed by atoms with van der Waals surface area (Å²) in [6.07, 6.45) is 0. The number of nitrogens with one attached hydrogen (secondary N) is 2. The van der Waals surface area contributed by atoms with Gasteiger partial charge in [0.1, 0.15) is 23.2 Å². The van der Waals surface area contributed by atoms with Crippen molar-refractivity contribution in [1.29, 1.82) is 0 Å². The Hall–Kier alpha value is -3.32. The Bertz CT molecular complexity index is 973. The molecule has 150 valence electrons. The highest BCUT2D eigenvalue weighted by molar-refractivity contribution is 5.75. The van der Waals surface area contributed by atoms with Crippen LogP contribution in [0.15, 0.2) is 54.6 Å². The molecule has 1 aliphatic rings. The molecule has 0 unspecified atom stereocenters. The Morgan fingerprint density at radius 2 is 1.69 bits per heavy atom. The number of aromatic nitrogens is 2. The van der Waals surface area contributed by atoms with Crippen molar-refractivity contribution in [2.75, 3.05) is 48.9 Å². The minimum absolute atomic E-state index is 0.684. The lowest BCUT2D eigenvalue weighted by Gasteiger charge is -2.30. The SMILES string of the molecule is COc1cccc(Nc2cc(Nc3ccccc3N3CCOCC3)nc(C)n2)c1. The number of nitrogens with zero attached hydrogens (tertiary/aromatic N) is 3. The van der Waals surface area contributed by atoms with Crippen LogP contribution < -0.4 is 20.3 Å². The van der Waals surface area contributed by atoms with Gasteiger partial charge in [-0.05, 0) is 31.2 Å². The van der Waals surface area contributed by atoms with Crippen LogP contribution in [0.1, 0.15) is 5.82 Å². The number of methoxy groups -OCH3 is 1. The van der Waals surface area contributed by atoms with Gasteiger partial charge in [0, 0.05) is 30.9 Å². The van der Waals surface area contributed by atoms with Crippen molar-refractivity contribution in [3.8, 4) is 5.75 Å². The summed E-state index contributed by atoms with van der Waals surface area (Å²) in [5, 5.41) is 6.79. The van der Waals surface area contributed by atoms with Crippen LogP contribution in [-0.4, -0.2) is 43.4 Å². The number of morpholine rings is 1. The minimum atomic E-state index is 0.684. The maximum atomic E-state index is 5.48. The van der Waals surface area contributed by atoms with Crippen LogP contribution in [0.4, 0.5) is 28.7 Å². The lowest BCUT2D eigenvalue weighted by atomic mass is 10.2. The third-order valence-corrected chi connectivity index (χ3v) is 4.70. The van der Waals surface area contributed by atoms with E-state index in [-0.39, 0.29) is 0 Å². The molecule has 3 aromatic rings. The molecule has 0 aliphatic carbocycles. The van der Waals surface area contributed by atoms with Crippen LogP contribution in [0.3, 0.4) is 0 Å². The smallest absolute Gasteiger partial charge is 0.136 e. The van der Waals surface area contributed by atoms with Gasteiger partial charge in [0.15, 0.2) is 0 Å². The Kier molecular flexibility index (Phi) is 5.76. The first-order chi connectivity index (χ1) is 14.2. The first kappa shape index (κ1) is 19.0. The zero-order valence-corrected chi connectivity index (χ0v) is 16.7. The van der Waals surface area contributed by atoms with E-state index in [2.05, 4.69) is 43.7 Å². The molecule has 0 amide bonds. The predicted molar refractivity (Wildman–Crippen MR) is 116 cm³/mol. The van der Waals surface area contributed by atoms with Gasteiger partial charge in [0.2, 0.25) is 0 Å². The molecule has 0 atom stereocenters. The first-order valence-corrected chi connectivity index (χ1v) is 9.67. The molecule has 7 heteroatoms. The Morgan fingerprint density at radius 1 is 0.931 bits per heavy atom. The van der Waals surface area contributed by atoms with Crippen molar-refractivity contribution in [2.45, 2.75) is 6.92 Å². The number of hydrogen-bond acceptors (Lipinski definition) is 7. The van der Waals surface area contributed by atoms with Crippen molar-refractivity contribution in [2.24, 2.45) is 0 Å². The number of ether oxygens (including phenoxy) is 2. The van der Waals surface area contributed by atoms with Gasteiger partial charge in [-0.15, -0.1) is 0 Å². The molecule has 1 saturated heterocycles. The lowest BCUT2D eigenvalue weighted by molar-refractivity contribution is 0.123. The van der Waals surface area contributed by atoms with Crippen LogP contribution in [0.2, 0.25) is 0 Å². The van der Waals surface area contributed by atoms with Gasteiger partial charge in [0.05, 0.1) is 31.7 Å². The first-order valence-electron chi connectivity index (χ1n) is 9.67. The Morgan fingerprint density at radius 3 is 2.48 bits per heavy atom. The second-order valence-electron chi connectivity index (χ2n) is 6.78. The normalized spacial score (nSPS) is 13.8. The van der Waals surface area contributed by atoms with E-state index in [1.165, 1.54) is 0 Å². The molecule has 2 aromatic carbocycles. The van der Waals surface area contributed by atoms with Crippen molar-refractivity contribution in [3.63, 3.8) is 0 Å². The molecule has 0 bridgehead atoms. The van der Waals surface area contributed by atoms with E-state index in [1.807, 2.05) is 43.3 Å². The van der Waals surface area contributed by atoms with Crippen LogP contribution in [0.25, 0.3) is 0 Å². The van der Waals surface area contributed by atoms with Crippen LogP contribution in [0.5, 0.6) is 5.75 Å². The van der Waals surface area contributed by atoms with E-state index in [0.29, 0.717) is 5.82 Å². The van der Waals surface area contributed by atoms with E-state index in [4.69, 9.17) is 9.47 Å². The number of aryl methyl sites for hydroxylation is 1. The summed E-state index contributed by atoms with van der Waals surface area (Å²) in [5.74, 6) is 2.93. The van der Waals surface area contributed by atoms with Crippen molar-refractivity contribution in [1.82, 2.24) is 9.97 Å². The van der Waals surface area contributed by atoms with Crippen molar-refractivity contribution >= 4 is 28.7 Å². The summed E-state index contributed by atoms with van der Waals surface area (Å²) in [6.45, 7) is 5.13. The number of benzene rings is 2. The molecule has 2 N–H and O–H groups in total. The second kappa shape index (κ2) is 8.79. The van der Waals surface area contributed by atoms with E-state index < -0.39 is 0 Å². The highest BCUT2D eigenvalue weighted by atomic mass is 16.5. The summed E-state index contributed by atoms with van der Waals surface area (Å²) < 4.78 is 10.8. The largest absolute Gasteiger partial charge is 0.497 e. The van der Waals surface area contributed by atoms with E-state index in [0.717, 1.165) is 60.8 Å². The molecule has 4 rings (SSSR count). The van der Waals surface area contributed by atoms with Gasteiger partial charge in [0.25, 0.3) is 0 Å². The Balaban J connectivity index is 1.57. The fourth-order valence-electron chi connectivity index (χ4n) is 3.34. The number of para-hydroxylation sites is 2. The second-order valence-corrected chi connectivity index (χ2v) is 6.78. The molecule has 0 spiro atoms. The monoisotopic (exact) mass is 391 g/mol. The topological polar surface area (TPSA) is 71.5 Å². The summed E-state index contributed by atoms with van der Waals surface area (Å²) in [6, 6.07) is 17.9. The molecule has 2 heterocycles. The highest BCUT2D eigenvalue weighted by Crippen LogP contribution is 2.30. The van der Waals surface area contributed by atoms with E-state index in [1.54, 1.807) is 7.11 Å². The van der Waals surface area contributed by atoms with Gasteiger partial charge in [-0.2, -0.15) is 0 Å². The summed E-state index contributed by atoms with van der Waals surface area (Å²) >= 11 is 0. The van der Waals surface area contributed by atoms with Crippen molar-refractivity contribution in [3.05, 3.63) is 60.4 Å². The van der Waals surface area contributed by atoms with Gasteiger partial charge in [-0.3, -0.25) is 0 Å². The molecule has 7 nitrogen and oxygen atoms in total. The maximum absolute atomic E-state index is 5.48. The third-order valence-electron chi connectivity index (χ3n) is 4.70. The number of rotatable bonds is 6. The van der Waals surface area contributed by atoms with Gasteiger partial charge in [-0.25, -0.2) is 9.97 Å². The van der Waals surface area contributed by atoms with Gasteiger partial charge >= 0.3 is 0 Å². The quantitative estimate of drug-likeness (QED) is 0.655. The highest BCUT2D eigenvalue weighted by Gasteiger charge is 2.15. The molecule has 0 radical (unpaired) electrons. The molecular weight excluding hydrogens is 366 g/mol.